The second-order valence-electron chi connectivity index (χ2n) is 7.35. The lowest BCUT2D eigenvalue weighted by molar-refractivity contribution is -0.121. The van der Waals surface area contributed by atoms with Gasteiger partial charge >= 0.3 is 0 Å². The van der Waals surface area contributed by atoms with Gasteiger partial charge in [-0.2, -0.15) is 4.98 Å². The number of aromatic nitrogens is 4. The zero-order valence-electron chi connectivity index (χ0n) is 17.5. The molecule has 2 aromatic rings. The van der Waals surface area contributed by atoms with Gasteiger partial charge in [0.2, 0.25) is 11.1 Å². The molecule has 0 radical (unpaired) electrons. The summed E-state index contributed by atoms with van der Waals surface area (Å²) in [7, 11) is 0. The molecule has 150 valence electrons. The van der Waals surface area contributed by atoms with E-state index in [-0.39, 0.29) is 5.91 Å². The summed E-state index contributed by atoms with van der Waals surface area (Å²) in [6, 6.07) is 0.942. The second kappa shape index (κ2) is 9.50. The van der Waals surface area contributed by atoms with Gasteiger partial charge in [-0.05, 0) is 59.8 Å². The molecule has 0 aliphatic heterocycles. The van der Waals surface area contributed by atoms with Gasteiger partial charge in [0.15, 0.2) is 0 Å². The average molecular weight is 393 g/mol. The fourth-order valence-electron chi connectivity index (χ4n) is 3.40. The first kappa shape index (κ1) is 21.6. The minimum Gasteiger partial charge on any atom is -0.355 e. The summed E-state index contributed by atoms with van der Waals surface area (Å²) in [5.74, 6) is 0.690. The summed E-state index contributed by atoms with van der Waals surface area (Å²) in [5, 5.41) is 8.21. The Morgan fingerprint density at radius 2 is 1.85 bits per heavy atom. The van der Waals surface area contributed by atoms with Crippen LogP contribution in [0.3, 0.4) is 0 Å². The van der Waals surface area contributed by atoms with Crippen molar-refractivity contribution >= 4 is 23.4 Å². The smallest absolute Gasteiger partial charge is 0.253 e. The van der Waals surface area contributed by atoms with E-state index in [2.05, 4.69) is 53.0 Å². The van der Waals surface area contributed by atoms with Crippen LogP contribution in [0.4, 0.5) is 0 Å². The third-order valence-corrected chi connectivity index (χ3v) is 5.37. The van der Waals surface area contributed by atoms with Crippen LogP contribution in [-0.4, -0.2) is 61.8 Å². The Hall–Kier alpha value is -1.67. The van der Waals surface area contributed by atoms with Gasteiger partial charge in [0.05, 0.1) is 0 Å². The highest BCUT2D eigenvalue weighted by molar-refractivity contribution is 7.98. The number of aryl methyl sites for hydroxylation is 2. The molecule has 0 bridgehead atoms. The lowest BCUT2D eigenvalue weighted by Gasteiger charge is -2.30. The molecule has 0 aromatic carbocycles. The number of nitrogens with zero attached hydrogens (tertiary/aromatic N) is 5. The lowest BCUT2D eigenvalue weighted by Crippen LogP contribution is -2.42. The van der Waals surface area contributed by atoms with Crippen LogP contribution in [0.15, 0.2) is 5.16 Å². The van der Waals surface area contributed by atoms with Crippen LogP contribution in [0.25, 0.3) is 5.78 Å². The van der Waals surface area contributed by atoms with E-state index in [1.54, 1.807) is 4.52 Å². The predicted octanol–water partition coefficient (Wildman–Crippen LogP) is 2.63. The summed E-state index contributed by atoms with van der Waals surface area (Å²) in [6.07, 6.45) is 3.04. The van der Waals surface area contributed by atoms with E-state index in [1.165, 1.54) is 11.8 Å². The molecule has 0 saturated carbocycles. The van der Waals surface area contributed by atoms with E-state index >= 15 is 0 Å². The van der Waals surface area contributed by atoms with Gasteiger partial charge in [0, 0.05) is 43.0 Å². The molecular weight excluding hydrogens is 360 g/mol. The van der Waals surface area contributed by atoms with Crippen molar-refractivity contribution in [3.05, 3.63) is 17.0 Å². The third-order valence-electron chi connectivity index (χ3n) is 4.83. The summed E-state index contributed by atoms with van der Waals surface area (Å²) >= 11 is 1.50. The molecule has 0 unspecified atom stereocenters. The Bertz CT molecular complexity index is 778. The predicted molar refractivity (Wildman–Crippen MR) is 110 cm³/mol. The Morgan fingerprint density at radius 1 is 1.19 bits per heavy atom. The Labute approximate surface area is 166 Å². The molecule has 2 heterocycles. The molecule has 0 aliphatic rings. The highest BCUT2D eigenvalue weighted by Gasteiger charge is 2.15. The number of amides is 1. The fraction of sp³-hybridized carbons (Fsp3) is 0.684. The monoisotopic (exact) mass is 392 g/mol. The molecule has 0 saturated heterocycles. The molecule has 7 nitrogen and oxygen atoms in total. The van der Waals surface area contributed by atoms with Gasteiger partial charge in [0.1, 0.15) is 0 Å². The minimum atomic E-state index is 0.0738. The van der Waals surface area contributed by atoms with Gasteiger partial charge in [-0.3, -0.25) is 9.69 Å². The topological polar surface area (TPSA) is 75.4 Å². The van der Waals surface area contributed by atoms with Crippen molar-refractivity contribution in [3.8, 4) is 0 Å². The minimum absolute atomic E-state index is 0.0738. The fourth-order valence-corrected chi connectivity index (χ4v) is 3.74. The largest absolute Gasteiger partial charge is 0.355 e. The van der Waals surface area contributed by atoms with Gasteiger partial charge in [-0.15, -0.1) is 5.10 Å². The quantitative estimate of drug-likeness (QED) is 0.661. The summed E-state index contributed by atoms with van der Waals surface area (Å²) in [4.78, 5) is 23.6. The van der Waals surface area contributed by atoms with Crippen molar-refractivity contribution in [1.82, 2.24) is 29.8 Å². The van der Waals surface area contributed by atoms with Gasteiger partial charge in [-0.25, -0.2) is 9.50 Å². The Balaban J connectivity index is 1.95. The Morgan fingerprint density at radius 3 is 2.44 bits per heavy atom. The zero-order valence-corrected chi connectivity index (χ0v) is 18.4. The maximum absolute atomic E-state index is 12.3. The number of carbonyl (C=O) groups excluding carboxylic acids is 1. The van der Waals surface area contributed by atoms with Crippen LogP contribution in [0.5, 0.6) is 0 Å². The van der Waals surface area contributed by atoms with Crippen LogP contribution >= 0.6 is 11.8 Å². The van der Waals surface area contributed by atoms with Gasteiger partial charge in [0.25, 0.3) is 5.78 Å². The van der Waals surface area contributed by atoms with Crippen LogP contribution in [0.2, 0.25) is 0 Å². The molecule has 1 N–H and O–H groups in total. The van der Waals surface area contributed by atoms with Crippen molar-refractivity contribution < 1.29 is 4.79 Å². The molecule has 0 aliphatic carbocycles. The van der Waals surface area contributed by atoms with E-state index in [1.807, 2.05) is 20.1 Å². The Kier molecular flexibility index (Phi) is 7.61. The molecule has 2 rings (SSSR count). The van der Waals surface area contributed by atoms with E-state index in [0.29, 0.717) is 42.4 Å². The van der Waals surface area contributed by atoms with Crippen molar-refractivity contribution in [2.75, 3.05) is 19.3 Å². The maximum Gasteiger partial charge on any atom is 0.253 e. The summed E-state index contributed by atoms with van der Waals surface area (Å²) in [6.45, 7) is 14.2. The molecule has 0 fully saturated rings. The van der Waals surface area contributed by atoms with Crippen LogP contribution in [0, 0.1) is 13.8 Å². The number of hydrogen-bond donors (Lipinski definition) is 1. The van der Waals surface area contributed by atoms with E-state index < -0.39 is 0 Å². The SMILES string of the molecule is CSc1nc2nc(C)c(CCC(=O)NCCN(C(C)C)C(C)C)c(C)n2n1. The first-order chi connectivity index (χ1) is 12.7. The van der Waals surface area contributed by atoms with Gasteiger partial charge < -0.3 is 5.32 Å². The molecule has 8 heteroatoms. The first-order valence-electron chi connectivity index (χ1n) is 9.53. The van der Waals surface area contributed by atoms with E-state index in [4.69, 9.17) is 0 Å². The number of rotatable bonds is 9. The van der Waals surface area contributed by atoms with Crippen molar-refractivity contribution in [3.63, 3.8) is 0 Å². The summed E-state index contributed by atoms with van der Waals surface area (Å²) in [5.41, 5.74) is 2.99. The van der Waals surface area contributed by atoms with Crippen LogP contribution in [-0.2, 0) is 11.2 Å². The van der Waals surface area contributed by atoms with E-state index in [0.717, 1.165) is 23.5 Å². The highest BCUT2D eigenvalue weighted by Crippen LogP contribution is 2.18. The van der Waals surface area contributed by atoms with Crippen molar-refractivity contribution in [1.29, 1.82) is 0 Å². The molecule has 1 amide bonds. The number of hydrogen-bond acceptors (Lipinski definition) is 6. The number of fused-ring (bicyclic) bond motifs is 1. The second-order valence-corrected chi connectivity index (χ2v) is 8.12. The average Bonchev–Trinajstić information content (AvgIpc) is 3.01. The normalized spacial score (nSPS) is 11.9. The van der Waals surface area contributed by atoms with Crippen LogP contribution in [0.1, 0.15) is 51.1 Å². The highest BCUT2D eigenvalue weighted by atomic mass is 32.2. The number of thioether (sulfide) groups is 1. The first-order valence-corrected chi connectivity index (χ1v) is 10.8. The maximum atomic E-state index is 12.3. The molecule has 2 aromatic heterocycles. The zero-order chi connectivity index (χ0) is 20.1. The molecular formula is C19H32N6OS. The molecule has 27 heavy (non-hydrogen) atoms. The lowest BCUT2D eigenvalue weighted by atomic mass is 10.1. The molecule has 0 atom stereocenters. The van der Waals surface area contributed by atoms with Crippen LogP contribution < -0.4 is 5.32 Å². The van der Waals surface area contributed by atoms with Crippen molar-refractivity contribution in [2.45, 2.75) is 71.6 Å². The van der Waals surface area contributed by atoms with E-state index in [9.17, 15) is 4.79 Å². The third kappa shape index (κ3) is 5.42. The number of carbonyl (C=O) groups is 1. The molecule has 0 spiro atoms. The standard InChI is InChI=1S/C19H32N6OS/c1-12(2)24(13(3)4)11-10-20-17(26)9-8-16-14(5)21-18-22-19(27-7)23-25(18)15(16)6/h12-13H,8-11H2,1-7H3,(H,20,26). The van der Waals surface area contributed by atoms with Crippen molar-refractivity contribution in [2.24, 2.45) is 0 Å². The summed E-state index contributed by atoms with van der Waals surface area (Å²) < 4.78 is 1.77. The number of nitrogens with one attached hydrogen (secondary N) is 1. The van der Waals surface area contributed by atoms with Gasteiger partial charge in [-0.1, -0.05) is 11.8 Å².